The zero-order valence-corrected chi connectivity index (χ0v) is 18.0. The van der Waals surface area contributed by atoms with E-state index < -0.39 is 5.82 Å². The predicted octanol–water partition coefficient (Wildman–Crippen LogP) is 4.41. The summed E-state index contributed by atoms with van der Waals surface area (Å²) in [6.07, 6.45) is 0. The van der Waals surface area contributed by atoms with Crippen molar-refractivity contribution >= 4 is 28.6 Å². The lowest BCUT2D eigenvalue weighted by Gasteiger charge is -2.18. The van der Waals surface area contributed by atoms with Crippen molar-refractivity contribution in [2.45, 2.75) is 11.7 Å². The molecule has 0 aliphatic rings. The largest absolute Gasteiger partial charge is 0.341 e. The third-order valence-electron chi connectivity index (χ3n) is 4.91. The first-order valence-electron chi connectivity index (χ1n) is 9.81. The van der Waals surface area contributed by atoms with Gasteiger partial charge in [0.2, 0.25) is 5.91 Å². The molecule has 0 aliphatic heterocycles. The number of rotatable bonds is 6. The van der Waals surface area contributed by atoms with Crippen LogP contribution >= 0.6 is 11.8 Å². The van der Waals surface area contributed by atoms with Crippen molar-refractivity contribution in [3.8, 4) is 5.69 Å². The van der Waals surface area contributed by atoms with Crippen molar-refractivity contribution in [2.24, 2.45) is 0 Å². The van der Waals surface area contributed by atoms with Crippen LogP contribution in [0, 0.1) is 11.6 Å². The monoisotopic (exact) mass is 451 g/mol. The summed E-state index contributed by atoms with van der Waals surface area (Å²) < 4.78 is 27.9. The number of benzene rings is 3. The summed E-state index contributed by atoms with van der Waals surface area (Å²) >= 11 is 1.13. The zero-order chi connectivity index (χ0) is 22.7. The second-order valence-corrected chi connectivity index (χ2v) is 8.14. The fourth-order valence-electron chi connectivity index (χ4n) is 3.22. The number of nitrogens with zero attached hydrogens (tertiary/aromatic N) is 3. The zero-order valence-electron chi connectivity index (χ0n) is 17.2. The molecule has 1 heterocycles. The van der Waals surface area contributed by atoms with Gasteiger partial charge in [0, 0.05) is 13.6 Å². The third-order valence-corrected chi connectivity index (χ3v) is 5.84. The van der Waals surface area contributed by atoms with Crippen LogP contribution in [-0.2, 0) is 11.3 Å². The molecule has 0 saturated heterocycles. The Balaban J connectivity index is 1.61. The van der Waals surface area contributed by atoms with Gasteiger partial charge in [-0.3, -0.25) is 14.2 Å². The smallest absolute Gasteiger partial charge is 0.266 e. The molecule has 8 heteroatoms. The van der Waals surface area contributed by atoms with Gasteiger partial charge in [0.25, 0.3) is 5.56 Å². The number of fused-ring (bicyclic) bond motifs is 1. The number of hydrogen-bond donors (Lipinski definition) is 0. The summed E-state index contributed by atoms with van der Waals surface area (Å²) in [7, 11) is 1.66. The van der Waals surface area contributed by atoms with E-state index >= 15 is 0 Å². The minimum absolute atomic E-state index is 0.0453. The molecule has 5 nitrogen and oxygen atoms in total. The standard InChI is InChI=1S/C24H19F2N3O2S/c1-28(14-16-6-8-17(25)9-7-16)22(30)15-32-24-27-21-5-3-2-4-20(21)23(31)29(24)19-12-10-18(26)11-13-19/h2-13H,14-15H2,1H3. The van der Waals surface area contributed by atoms with Crippen molar-refractivity contribution in [2.75, 3.05) is 12.8 Å². The van der Waals surface area contributed by atoms with Crippen LogP contribution in [0.15, 0.2) is 82.7 Å². The average molecular weight is 451 g/mol. The Hall–Kier alpha value is -3.52. The number of amides is 1. The lowest BCUT2D eigenvalue weighted by molar-refractivity contribution is -0.127. The van der Waals surface area contributed by atoms with Crippen LogP contribution in [0.4, 0.5) is 8.78 Å². The molecule has 3 aromatic carbocycles. The average Bonchev–Trinajstić information content (AvgIpc) is 2.80. The molecule has 1 aromatic heterocycles. The maximum atomic E-state index is 13.4. The summed E-state index contributed by atoms with van der Waals surface area (Å²) in [6, 6.07) is 18.4. The molecule has 32 heavy (non-hydrogen) atoms. The van der Waals surface area contributed by atoms with Gasteiger partial charge in [-0.05, 0) is 54.1 Å². The molecule has 0 radical (unpaired) electrons. The van der Waals surface area contributed by atoms with Gasteiger partial charge in [-0.15, -0.1) is 0 Å². The SMILES string of the molecule is CN(Cc1ccc(F)cc1)C(=O)CSc1nc2ccccc2c(=O)n1-c1ccc(F)cc1. The van der Waals surface area contributed by atoms with Crippen molar-refractivity contribution in [1.29, 1.82) is 0 Å². The van der Waals surface area contributed by atoms with E-state index in [1.165, 1.54) is 45.9 Å². The van der Waals surface area contributed by atoms with Crippen LogP contribution in [0.1, 0.15) is 5.56 Å². The van der Waals surface area contributed by atoms with Crippen LogP contribution in [0.3, 0.4) is 0 Å². The first kappa shape index (κ1) is 21.7. The van der Waals surface area contributed by atoms with Gasteiger partial charge >= 0.3 is 0 Å². The van der Waals surface area contributed by atoms with Gasteiger partial charge in [-0.25, -0.2) is 13.8 Å². The van der Waals surface area contributed by atoms with E-state index in [4.69, 9.17) is 0 Å². The normalized spacial score (nSPS) is 11.0. The van der Waals surface area contributed by atoms with E-state index in [1.807, 2.05) is 0 Å². The number of hydrogen-bond acceptors (Lipinski definition) is 4. The van der Waals surface area contributed by atoms with Crippen LogP contribution < -0.4 is 5.56 Å². The lowest BCUT2D eigenvalue weighted by atomic mass is 10.2. The fraction of sp³-hybridized carbons (Fsp3) is 0.125. The fourth-order valence-corrected chi connectivity index (χ4v) is 4.17. The quantitative estimate of drug-likeness (QED) is 0.322. The van der Waals surface area contributed by atoms with Crippen molar-refractivity contribution in [3.63, 3.8) is 0 Å². The van der Waals surface area contributed by atoms with Crippen LogP contribution in [0.5, 0.6) is 0 Å². The number of thioether (sulfide) groups is 1. The molecule has 0 unspecified atom stereocenters. The van der Waals surface area contributed by atoms with E-state index in [-0.39, 0.29) is 23.0 Å². The van der Waals surface area contributed by atoms with Gasteiger partial charge in [0.15, 0.2) is 5.16 Å². The van der Waals surface area contributed by atoms with Crippen LogP contribution in [-0.4, -0.2) is 33.2 Å². The molecule has 0 fully saturated rings. The Morgan fingerprint density at radius 3 is 2.28 bits per heavy atom. The van der Waals surface area contributed by atoms with Crippen molar-refractivity contribution in [3.05, 3.63) is 100 Å². The summed E-state index contributed by atoms with van der Waals surface area (Å²) in [5.41, 5.74) is 1.49. The molecular formula is C24H19F2N3O2S. The molecule has 162 valence electrons. The molecule has 4 rings (SSSR count). The van der Waals surface area contributed by atoms with Gasteiger partial charge in [0.1, 0.15) is 11.6 Å². The second-order valence-electron chi connectivity index (χ2n) is 7.19. The van der Waals surface area contributed by atoms with Crippen molar-refractivity contribution < 1.29 is 13.6 Å². The Bertz CT molecular complexity index is 1320. The summed E-state index contributed by atoms with van der Waals surface area (Å²) in [6.45, 7) is 0.329. The van der Waals surface area contributed by atoms with E-state index in [9.17, 15) is 18.4 Å². The molecule has 0 bridgehead atoms. The molecule has 1 amide bonds. The van der Waals surface area contributed by atoms with Crippen molar-refractivity contribution in [1.82, 2.24) is 14.5 Å². The Morgan fingerprint density at radius 2 is 1.59 bits per heavy atom. The highest BCUT2D eigenvalue weighted by molar-refractivity contribution is 7.99. The highest BCUT2D eigenvalue weighted by Crippen LogP contribution is 2.22. The van der Waals surface area contributed by atoms with Gasteiger partial charge < -0.3 is 4.90 Å². The number of carbonyl (C=O) groups is 1. The maximum Gasteiger partial charge on any atom is 0.266 e. The first-order valence-corrected chi connectivity index (χ1v) is 10.8. The molecule has 0 N–H and O–H groups in total. The van der Waals surface area contributed by atoms with Crippen LogP contribution in [0.2, 0.25) is 0 Å². The van der Waals surface area contributed by atoms with Gasteiger partial charge in [0.05, 0.1) is 22.3 Å². The maximum absolute atomic E-state index is 13.4. The van der Waals surface area contributed by atoms with E-state index in [2.05, 4.69) is 4.98 Å². The third kappa shape index (κ3) is 4.70. The number of halogens is 2. The predicted molar refractivity (Wildman–Crippen MR) is 121 cm³/mol. The van der Waals surface area contributed by atoms with E-state index in [0.717, 1.165) is 17.3 Å². The lowest BCUT2D eigenvalue weighted by Crippen LogP contribution is -2.28. The molecule has 0 saturated carbocycles. The number of carbonyl (C=O) groups excluding carboxylic acids is 1. The summed E-state index contributed by atoms with van der Waals surface area (Å²) in [5, 5.41) is 0.768. The Kier molecular flexibility index (Phi) is 6.32. The van der Waals surface area contributed by atoms with Crippen LogP contribution in [0.25, 0.3) is 16.6 Å². The minimum atomic E-state index is -0.414. The summed E-state index contributed by atoms with van der Waals surface area (Å²) in [4.78, 5) is 32.0. The number of para-hydroxylation sites is 1. The molecule has 0 atom stereocenters. The van der Waals surface area contributed by atoms with E-state index in [0.29, 0.717) is 28.3 Å². The molecule has 0 aliphatic carbocycles. The van der Waals surface area contributed by atoms with Gasteiger partial charge in [-0.1, -0.05) is 36.0 Å². The topological polar surface area (TPSA) is 55.2 Å². The first-order chi connectivity index (χ1) is 15.4. The summed E-state index contributed by atoms with van der Waals surface area (Å²) in [5.74, 6) is -0.877. The van der Waals surface area contributed by atoms with E-state index in [1.54, 1.807) is 43.4 Å². The Labute approximate surface area is 187 Å². The molecular weight excluding hydrogens is 432 g/mol. The van der Waals surface area contributed by atoms with Gasteiger partial charge in [-0.2, -0.15) is 0 Å². The highest BCUT2D eigenvalue weighted by Gasteiger charge is 2.16. The molecule has 4 aromatic rings. The number of aromatic nitrogens is 2. The Morgan fingerprint density at radius 1 is 0.969 bits per heavy atom. The second kappa shape index (κ2) is 9.32. The molecule has 0 spiro atoms. The minimum Gasteiger partial charge on any atom is -0.341 e. The highest BCUT2D eigenvalue weighted by atomic mass is 32.2.